The number of nitrogens with one attached hydrogen (secondary N) is 1. The van der Waals surface area contributed by atoms with E-state index in [2.05, 4.69) is 4.98 Å². The first kappa shape index (κ1) is 24.8. The van der Waals surface area contributed by atoms with Gasteiger partial charge < -0.3 is 10.2 Å². The van der Waals surface area contributed by atoms with Gasteiger partial charge in [0.05, 0.1) is 5.37 Å². The van der Waals surface area contributed by atoms with Crippen LogP contribution in [-0.4, -0.2) is 42.2 Å². The first-order chi connectivity index (χ1) is 16.5. The van der Waals surface area contributed by atoms with Crippen LogP contribution in [0.3, 0.4) is 0 Å². The number of H-pyrrole nitrogens is 1. The number of aromatic amines is 1. The van der Waals surface area contributed by atoms with Gasteiger partial charge in [-0.15, -0.1) is 11.8 Å². The maximum absolute atomic E-state index is 13.7. The SMILES string of the molecule is Cc1ccccc1C(=O)[C@]1(O)C[C@H](n2cc(C)c(=O)[nH]c2=O)S[C@@H]1C(=O)C(O)c1ccccc1C. The summed E-state index contributed by atoms with van der Waals surface area (Å²) in [6.45, 7) is 5.01. The standard InChI is InChI=1S/C26H26N2O6S/c1-14-8-4-6-10-17(14)20(29)21(30)23-26(34,22(31)18-11-7-5-9-15(18)2)12-19(35-23)28-13-16(3)24(32)27-25(28)33/h4-11,13,19-20,23,29,34H,12H2,1-3H3,(H,27,32,33)/t19-,20?,23-,26-/m1/s1. The summed E-state index contributed by atoms with van der Waals surface area (Å²) < 4.78 is 1.21. The Hall–Kier alpha value is -3.27. The summed E-state index contributed by atoms with van der Waals surface area (Å²) in [6, 6.07) is 13.6. The number of aryl methyl sites for hydroxylation is 3. The van der Waals surface area contributed by atoms with Crippen molar-refractivity contribution in [3.63, 3.8) is 0 Å². The molecule has 3 aromatic rings. The van der Waals surface area contributed by atoms with Crippen LogP contribution >= 0.6 is 11.8 Å². The highest BCUT2D eigenvalue weighted by Gasteiger charge is 2.57. The summed E-state index contributed by atoms with van der Waals surface area (Å²) in [5.74, 6) is -1.39. The largest absolute Gasteiger partial charge is 0.380 e. The van der Waals surface area contributed by atoms with Crippen molar-refractivity contribution < 1.29 is 19.8 Å². The molecule has 182 valence electrons. The van der Waals surface area contributed by atoms with Crippen molar-refractivity contribution in [1.82, 2.24) is 9.55 Å². The van der Waals surface area contributed by atoms with Gasteiger partial charge in [-0.3, -0.25) is 23.9 Å². The predicted octanol–water partition coefficient (Wildman–Crippen LogP) is 2.38. The highest BCUT2D eigenvalue weighted by Crippen LogP contribution is 2.50. The van der Waals surface area contributed by atoms with Gasteiger partial charge in [0, 0.05) is 23.7 Å². The molecule has 1 fully saturated rings. The van der Waals surface area contributed by atoms with E-state index in [1.54, 1.807) is 62.4 Å². The molecule has 1 saturated heterocycles. The number of hydrogen-bond acceptors (Lipinski definition) is 7. The summed E-state index contributed by atoms with van der Waals surface area (Å²) in [5.41, 5.74) is -1.22. The van der Waals surface area contributed by atoms with Crippen LogP contribution in [0.1, 0.15) is 50.5 Å². The fourth-order valence-electron chi connectivity index (χ4n) is 4.42. The lowest BCUT2D eigenvalue weighted by Gasteiger charge is -2.29. The molecule has 9 heteroatoms. The number of benzene rings is 2. The fourth-order valence-corrected chi connectivity index (χ4v) is 6.06. The minimum atomic E-state index is -2.19. The van der Waals surface area contributed by atoms with Crippen LogP contribution in [0.15, 0.2) is 64.3 Å². The Balaban J connectivity index is 1.80. The Kier molecular flexibility index (Phi) is 6.68. The van der Waals surface area contributed by atoms with Gasteiger partial charge in [0.2, 0.25) is 0 Å². The molecule has 0 saturated carbocycles. The van der Waals surface area contributed by atoms with Crippen molar-refractivity contribution in [2.75, 3.05) is 0 Å². The second-order valence-corrected chi connectivity index (χ2v) is 10.2. The molecule has 0 amide bonds. The van der Waals surface area contributed by atoms with Gasteiger partial charge in [0.25, 0.3) is 5.56 Å². The third-order valence-corrected chi connectivity index (χ3v) is 8.07. The Morgan fingerprint density at radius 2 is 1.66 bits per heavy atom. The van der Waals surface area contributed by atoms with E-state index in [9.17, 15) is 29.4 Å². The number of nitrogens with zero attached hydrogens (tertiary/aromatic N) is 1. The molecule has 35 heavy (non-hydrogen) atoms. The molecule has 0 radical (unpaired) electrons. The molecule has 2 heterocycles. The first-order valence-corrected chi connectivity index (χ1v) is 12.1. The van der Waals surface area contributed by atoms with Gasteiger partial charge in [-0.1, -0.05) is 48.5 Å². The zero-order valence-electron chi connectivity index (χ0n) is 19.5. The number of hydrogen-bond donors (Lipinski definition) is 3. The van der Waals surface area contributed by atoms with E-state index >= 15 is 0 Å². The molecule has 0 bridgehead atoms. The molecule has 1 unspecified atom stereocenters. The van der Waals surface area contributed by atoms with E-state index in [4.69, 9.17) is 0 Å². The van der Waals surface area contributed by atoms with Crippen LogP contribution in [0, 0.1) is 20.8 Å². The molecule has 2 aromatic carbocycles. The Morgan fingerprint density at radius 3 is 2.31 bits per heavy atom. The Labute approximate surface area is 205 Å². The second-order valence-electron chi connectivity index (χ2n) is 8.88. The molecule has 1 aromatic heterocycles. The molecular formula is C26H26N2O6S. The van der Waals surface area contributed by atoms with Crippen LogP contribution in [0.2, 0.25) is 0 Å². The lowest BCUT2D eigenvalue weighted by atomic mass is 9.82. The number of thioether (sulfide) groups is 1. The third-order valence-electron chi connectivity index (χ3n) is 6.46. The smallest absolute Gasteiger partial charge is 0.329 e. The van der Waals surface area contributed by atoms with E-state index in [0.717, 1.165) is 11.8 Å². The molecule has 0 aliphatic carbocycles. The summed E-state index contributed by atoms with van der Waals surface area (Å²) >= 11 is 0.926. The van der Waals surface area contributed by atoms with Gasteiger partial charge in [0.1, 0.15) is 17.0 Å². The normalized spacial score (nSPS) is 22.7. The van der Waals surface area contributed by atoms with Gasteiger partial charge in [-0.05, 0) is 37.5 Å². The topological polar surface area (TPSA) is 129 Å². The van der Waals surface area contributed by atoms with E-state index in [0.29, 0.717) is 16.7 Å². The lowest BCUT2D eigenvalue weighted by molar-refractivity contribution is -0.130. The maximum Gasteiger partial charge on any atom is 0.329 e. The number of aromatic nitrogens is 2. The highest BCUT2D eigenvalue weighted by atomic mass is 32.2. The van der Waals surface area contributed by atoms with Crippen molar-refractivity contribution in [3.05, 3.63) is 103 Å². The number of carbonyl (C=O) groups excluding carboxylic acids is 2. The van der Waals surface area contributed by atoms with Gasteiger partial charge >= 0.3 is 5.69 Å². The number of Topliss-reactive ketones (excluding diaryl/α,β-unsaturated/α-hetero) is 2. The molecular weight excluding hydrogens is 468 g/mol. The van der Waals surface area contributed by atoms with Crippen LogP contribution in [0.25, 0.3) is 0 Å². The van der Waals surface area contributed by atoms with Gasteiger partial charge in [-0.25, -0.2) is 4.79 Å². The Morgan fingerprint density at radius 1 is 1.03 bits per heavy atom. The summed E-state index contributed by atoms with van der Waals surface area (Å²) in [4.78, 5) is 53.9. The van der Waals surface area contributed by atoms with E-state index in [1.165, 1.54) is 17.7 Å². The summed E-state index contributed by atoms with van der Waals surface area (Å²) in [7, 11) is 0. The van der Waals surface area contributed by atoms with Crippen molar-refractivity contribution in [2.45, 2.75) is 49.5 Å². The molecule has 3 N–H and O–H groups in total. The van der Waals surface area contributed by atoms with Crippen LogP contribution < -0.4 is 11.2 Å². The highest BCUT2D eigenvalue weighted by molar-refractivity contribution is 8.01. The third kappa shape index (κ3) is 4.42. The summed E-state index contributed by atoms with van der Waals surface area (Å²) in [6.07, 6.45) is -0.479. The van der Waals surface area contributed by atoms with Crippen molar-refractivity contribution >= 4 is 23.3 Å². The van der Waals surface area contributed by atoms with Crippen LogP contribution in [0.5, 0.6) is 0 Å². The second kappa shape index (κ2) is 9.41. The fraction of sp³-hybridized carbons (Fsp3) is 0.308. The zero-order chi connectivity index (χ0) is 25.5. The minimum Gasteiger partial charge on any atom is -0.380 e. The Bertz CT molecular complexity index is 1430. The lowest BCUT2D eigenvalue weighted by Crippen LogP contribution is -2.50. The van der Waals surface area contributed by atoms with E-state index < -0.39 is 45.1 Å². The molecule has 1 aliphatic heterocycles. The maximum atomic E-state index is 13.7. The zero-order valence-corrected chi connectivity index (χ0v) is 20.3. The molecule has 0 spiro atoms. The van der Waals surface area contributed by atoms with E-state index in [-0.39, 0.29) is 17.5 Å². The molecule has 1 aliphatic rings. The molecule has 4 rings (SSSR count). The summed E-state index contributed by atoms with van der Waals surface area (Å²) in [5, 5.41) is 20.6. The molecule has 4 atom stereocenters. The van der Waals surface area contributed by atoms with Gasteiger partial charge in [-0.2, -0.15) is 0 Å². The monoisotopic (exact) mass is 494 g/mol. The number of ketones is 2. The predicted molar refractivity (Wildman–Crippen MR) is 133 cm³/mol. The van der Waals surface area contributed by atoms with Crippen LogP contribution in [-0.2, 0) is 4.79 Å². The minimum absolute atomic E-state index is 0.254. The average Bonchev–Trinajstić information content (AvgIpc) is 3.19. The number of aliphatic hydroxyl groups is 2. The number of rotatable bonds is 6. The number of aliphatic hydroxyl groups excluding tert-OH is 1. The quantitative estimate of drug-likeness (QED) is 0.449. The first-order valence-electron chi connectivity index (χ1n) is 11.1. The molecule has 8 nitrogen and oxygen atoms in total. The number of carbonyl (C=O) groups is 2. The van der Waals surface area contributed by atoms with Crippen molar-refractivity contribution in [2.24, 2.45) is 0 Å². The average molecular weight is 495 g/mol. The van der Waals surface area contributed by atoms with E-state index in [1.807, 2.05) is 0 Å². The van der Waals surface area contributed by atoms with Crippen molar-refractivity contribution in [3.8, 4) is 0 Å². The van der Waals surface area contributed by atoms with Crippen molar-refractivity contribution in [1.29, 1.82) is 0 Å². The van der Waals surface area contributed by atoms with Crippen LogP contribution in [0.4, 0.5) is 0 Å². The van der Waals surface area contributed by atoms with Gasteiger partial charge in [0.15, 0.2) is 11.6 Å².